The SMILES string of the molecule is CNC(C)Cc1c(C)cccc1OC. The summed E-state index contributed by atoms with van der Waals surface area (Å²) >= 11 is 0. The molecule has 1 unspecified atom stereocenters. The van der Waals surface area contributed by atoms with Crippen molar-refractivity contribution in [3.05, 3.63) is 29.3 Å². The third kappa shape index (κ3) is 2.48. The van der Waals surface area contributed by atoms with Gasteiger partial charge in [-0.3, -0.25) is 0 Å². The number of benzene rings is 1. The van der Waals surface area contributed by atoms with E-state index in [0.717, 1.165) is 12.2 Å². The molecule has 0 amide bonds. The van der Waals surface area contributed by atoms with E-state index in [1.807, 2.05) is 19.2 Å². The van der Waals surface area contributed by atoms with Gasteiger partial charge >= 0.3 is 0 Å². The third-order valence-corrected chi connectivity index (χ3v) is 2.59. The van der Waals surface area contributed by atoms with Crippen LogP contribution in [0, 0.1) is 6.92 Å². The predicted molar refractivity (Wildman–Crippen MR) is 60.0 cm³/mol. The topological polar surface area (TPSA) is 21.3 Å². The fourth-order valence-corrected chi connectivity index (χ4v) is 1.54. The van der Waals surface area contributed by atoms with Crippen molar-refractivity contribution >= 4 is 0 Å². The predicted octanol–water partition coefficient (Wildman–Crippen LogP) is 2.15. The highest BCUT2D eigenvalue weighted by atomic mass is 16.5. The van der Waals surface area contributed by atoms with Gasteiger partial charge in [0, 0.05) is 6.04 Å². The molecule has 0 bridgehead atoms. The Kier molecular flexibility index (Phi) is 3.96. The Morgan fingerprint density at radius 3 is 2.71 bits per heavy atom. The first-order valence-electron chi connectivity index (χ1n) is 4.98. The van der Waals surface area contributed by atoms with E-state index in [-0.39, 0.29) is 0 Å². The Morgan fingerprint density at radius 2 is 2.14 bits per heavy atom. The van der Waals surface area contributed by atoms with E-state index in [2.05, 4.69) is 25.2 Å². The maximum Gasteiger partial charge on any atom is 0.122 e. The summed E-state index contributed by atoms with van der Waals surface area (Å²) in [4.78, 5) is 0. The van der Waals surface area contributed by atoms with Crippen LogP contribution in [0.2, 0.25) is 0 Å². The second kappa shape index (κ2) is 5.01. The molecular formula is C12H19NO. The van der Waals surface area contributed by atoms with Crippen LogP contribution in [-0.4, -0.2) is 20.2 Å². The van der Waals surface area contributed by atoms with E-state index >= 15 is 0 Å². The van der Waals surface area contributed by atoms with Crippen LogP contribution in [0.1, 0.15) is 18.1 Å². The van der Waals surface area contributed by atoms with Crippen LogP contribution in [0.25, 0.3) is 0 Å². The van der Waals surface area contributed by atoms with Crippen LogP contribution in [0.3, 0.4) is 0 Å². The molecule has 0 aromatic heterocycles. The van der Waals surface area contributed by atoms with Crippen LogP contribution in [0.4, 0.5) is 0 Å². The first-order valence-corrected chi connectivity index (χ1v) is 4.98. The number of nitrogens with one attached hydrogen (secondary N) is 1. The van der Waals surface area contributed by atoms with E-state index < -0.39 is 0 Å². The van der Waals surface area contributed by atoms with Gasteiger partial charge in [-0.15, -0.1) is 0 Å². The van der Waals surface area contributed by atoms with Crippen molar-refractivity contribution in [1.82, 2.24) is 5.32 Å². The summed E-state index contributed by atoms with van der Waals surface area (Å²) in [7, 11) is 3.71. The van der Waals surface area contributed by atoms with E-state index in [1.165, 1.54) is 11.1 Å². The van der Waals surface area contributed by atoms with Crippen molar-refractivity contribution in [2.45, 2.75) is 26.3 Å². The summed E-state index contributed by atoms with van der Waals surface area (Å²) in [6, 6.07) is 6.65. The van der Waals surface area contributed by atoms with Crippen molar-refractivity contribution < 1.29 is 4.74 Å². The number of likely N-dealkylation sites (N-methyl/N-ethyl adjacent to an activating group) is 1. The van der Waals surface area contributed by atoms with E-state index in [4.69, 9.17) is 4.74 Å². The fraction of sp³-hybridized carbons (Fsp3) is 0.500. The van der Waals surface area contributed by atoms with Crippen molar-refractivity contribution in [2.24, 2.45) is 0 Å². The third-order valence-electron chi connectivity index (χ3n) is 2.59. The molecule has 1 N–H and O–H groups in total. The molecular weight excluding hydrogens is 174 g/mol. The molecule has 0 aliphatic heterocycles. The van der Waals surface area contributed by atoms with Gasteiger partial charge in [-0.1, -0.05) is 12.1 Å². The Balaban J connectivity index is 2.92. The standard InChI is InChI=1S/C12H19NO/c1-9-6-5-7-12(14-4)11(9)8-10(2)13-3/h5-7,10,13H,8H2,1-4H3. The van der Waals surface area contributed by atoms with Gasteiger partial charge in [-0.05, 0) is 44.5 Å². The maximum absolute atomic E-state index is 5.34. The van der Waals surface area contributed by atoms with Gasteiger partial charge in [-0.2, -0.15) is 0 Å². The zero-order valence-corrected chi connectivity index (χ0v) is 9.42. The van der Waals surface area contributed by atoms with E-state index in [1.54, 1.807) is 7.11 Å². The molecule has 0 spiro atoms. The molecule has 1 atom stereocenters. The molecule has 1 aromatic rings. The highest BCUT2D eigenvalue weighted by Crippen LogP contribution is 2.22. The quantitative estimate of drug-likeness (QED) is 0.791. The molecule has 0 fully saturated rings. The molecule has 0 radical (unpaired) electrons. The molecule has 78 valence electrons. The summed E-state index contributed by atoms with van der Waals surface area (Å²) in [5, 5.41) is 3.24. The normalized spacial score (nSPS) is 12.6. The first kappa shape index (κ1) is 11.1. The van der Waals surface area contributed by atoms with Gasteiger partial charge < -0.3 is 10.1 Å². The second-order valence-corrected chi connectivity index (χ2v) is 3.65. The summed E-state index contributed by atoms with van der Waals surface area (Å²) < 4.78 is 5.34. The Labute approximate surface area is 86.3 Å². The zero-order valence-electron chi connectivity index (χ0n) is 9.42. The summed E-state index contributed by atoms with van der Waals surface area (Å²) in [5.74, 6) is 0.993. The van der Waals surface area contributed by atoms with Crippen molar-refractivity contribution in [3.8, 4) is 5.75 Å². The van der Waals surface area contributed by atoms with Crippen molar-refractivity contribution in [1.29, 1.82) is 0 Å². The zero-order chi connectivity index (χ0) is 10.6. The van der Waals surface area contributed by atoms with E-state index in [9.17, 15) is 0 Å². The lowest BCUT2D eigenvalue weighted by Gasteiger charge is -2.15. The molecule has 0 saturated carbocycles. The maximum atomic E-state index is 5.34. The molecule has 1 rings (SSSR count). The Morgan fingerprint density at radius 1 is 1.43 bits per heavy atom. The number of methoxy groups -OCH3 is 1. The van der Waals surface area contributed by atoms with Crippen LogP contribution in [0.5, 0.6) is 5.75 Å². The lowest BCUT2D eigenvalue weighted by Crippen LogP contribution is -2.24. The van der Waals surface area contributed by atoms with Gasteiger partial charge in [0.25, 0.3) is 0 Å². The lowest BCUT2D eigenvalue weighted by atomic mass is 10.0. The van der Waals surface area contributed by atoms with Gasteiger partial charge in [0.05, 0.1) is 7.11 Å². The molecule has 0 aliphatic rings. The smallest absolute Gasteiger partial charge is 0.122 e. The lowest BCUT2D eigenvalue weighted by molar-refractivity contribution is 0.406. The molecule has 0 heterocycles. The fourth-order valence-electron chi connectivity index (χ4n) is 1.54. The molecule has 14 heavy (non-hydrogen) atoms. The highest BCUT2D eigenvalue weighted by Gasteiger charge is 2.08. The minimum absolute atomic E-state index is 0.477. The molecule has 1 aromatic carbocycles. The number of ether oxygens (including phenoxy) is 1. The monoisotopic (exact) mass is 193 g/mol. The van der Waals surface area contributed by atoms with Crippen LogP contribution in [0.15, 0.2) is 18.2 Å². The van der Waals surface area contributed by atoms with Crippen LogP contribution >= 0.6 is 0 Å². The van der Waals surface area contributed by atoms with Crippen molar-refractivity contribution in [3.63, 3.8) is 0 Å². The number of hydrogen-bond donors (Lipinski definition) is 1. The average Bonchev–Trinajstić information content (AvgIpc) is 2.20. The van der Waals surface area contributed by atoms with Crippen LogP contribution < -0.4 is 10.1 Å². The summed E-state index contributed by atoms with van der Waals surface area (Å²) in [6.45, 7) is 4.30. The second-order valence-electron chi connectivity index (χ2n) is 3.65. The number of hydrogen-bond acceptors (Lipinski definition) is 2. The van der Waals surface area contributed by atoms with Crippen LogP contribution in [-0.2, 0) is 6.42 Å². The molecule has 0 aliphatic carbocycles. The molecule has 2 nitrogen and oxygen atoms in total. The minimum atomic E-state index is 0.477. The van der Waals surface area contributed by atoms with Crippen molar-refractivity contribution in [2.75, 3.05) is 14.2 Å². The summed E-state index contributed by atoms with van der Waals surface area (Å²) in [6.07, 6.45) is 1.01. The van der Waals surface area contributed by atoms with Gasteiger partial charge in [0.1, 0.15) is 5.75 Å². The molecule has 2 heteroatoms. The van der Waals surface area contributed by atoms with Gasteiger partial charge in [0.15, 0.2) is 0 Å². The average molecular weight is 193 g/mol. The first-order chi connectivity index (χ1) is 6.69. The summed E-state index contributed by atoms with van der Waals surface area (Å²) in [5.41, 5.74) is 2.60. The van der Waals surface area contributed by atoms with E-state index in [0.29, 0.717) is 6.04 Å². The highest BCUT2D eigenvalue weighted by molar-refractivity contribution is 5.40. The number of rotatable bonds is 4. The molecule has 0 saturated heterocycles. The Hall–Kier alpha value is -1.02. The largest absolute Gasteiger partial charge is 0.496 e. The minimum Gasteiger partial charge on any atom is -0.496 e. The Bertz CT molecular complexity index is 296. The number of aryl methyl sites for hydroxylation is 1. The van der Waals surface area contributed by atoms with Gasteiger partial charge in [0.2, 0.25) is 0 Å². The van der Waals surface area contributed by atoms with Gasteiger partial charge in [-0.25, -0.2) is 0 Å².